The summed E-state index contributed by atoms with van der Waals surface area (Å²) in [5, 5.41) is 14.6. The van der Waals surface area contributed by atoms with Gasteiger partial charge in [0.15, 0.2) is 5.58 Å². The molecule has 0 atom stereocenters. The van der Waals surface area contributed by atoms with E-state index in [4.69, 9.17) is 19.4 Å². The lowest BCUT2D eigenvalue weighted by molar-refractivity contribution is 0.446. The van der Waals surface area contributed by atoms with Gasteiger partial charge in [0, 0.05) is 33.0 Å². The molecule has 0 bridgehead atoms. The Morgan fingerprint density at radius 2 is 1.05 bits per heavy atom. The minimum absolute atomic E-state index is 0.191. The fourth-order valence-corrected chi connectivity index (χ4v) is 12.0. The van der Waals surface area contributed by atoms with Crippen LogP contribution >= 0.6 is 0 Å². The van der Waals surface area contributed by atoms with Crippen LogP contribution in [0.4, 0.5) is 0 Å². The summed E-state index contributed by atoms with van der Waals surface area (Å²) < 4.78 is 11.8. The highest BCUT2D eigenvalue weighted by Crippen LogP contribution is 2.48. The van der Waals surface area contributed by atoms with Crippen molar-refractivity contribution in [2.24, 2.45) is 0 Å². The first-order valence-corrected chi connectivity index (χ1v) is 28.1. The third kappa shape index (κ3) is 8.70. The van der Waals surface area contributed by atoms with Gasteiger partial charge in [0.25, 0.3) is 0 Å². The molecule has 11 aromatic rings. The third-order valence-electron chi connectivity index (χ3n) is 16.1. The van der Waals surface area contributed by atoms with E-state index >= 15 is 0 Å². The number of rotatable bonds is 10. The summed E-state index contributed by atoms with van der Waals surface area (Å²) in [7, 11) is 0. The maximum Gasteiger partial charge on any atom is 0.227 e. The monoisotopic (exact) mass is 1030 g/mol. The fraction of sp³-hybridized carbons (Fsp3) is 0.310. The van der Waals surface area contributed by atoms with Crippen LogP contribution in [0.1, 0.15) is 165 Å². The summed E-state index contributed by atoms with van der Waals surface area (Å²) in [4.78, 5) is 16.6. The van der Waals surface area contributed by atoms with Crippen molar-refractivity contribution in [3.63, 3.8) is 0 Å². The molecule has 0 saturated carbocycles. The standard InChI is InChI=1S/C71H75N5O2/c1-39(2)48-26-19-27-49(40(3)4)62(48)75-59-31-21-30-52(61(59)74-68(75)55-37-47(70(11,12)13)38-56(65(55)77)71(14,15)16)45-24-18-25-46(36-45)67-72-58-35-32-53-54-33-34-57(60-43(9)22-17-23-44(60)10)73-69(54)78-66(53)64(58)76(67)63-50(41(5)6)28-20-29-51(63)42(7)8/h17-42,77H,1-16H3. The minimum atomic E-state index is -0.332. The Labute approximate surface area is 461 Å². The van der Waals surface area contributed by atoms with Gasteiger partial charge in [-0.2, -0.15) is 0 Å². The Bertz CT molecular complexity index is 4090. The number of pyridine rings is 1. The van der Waals surface area contributed by atoms with Gasteiger partial charge in [0.2, 0.25) is 5.71 Å². The van der Waals surface area contributed by atoms with Crippen molar-refractivity contribution in [3.05, 3.63) is 178 Å². The highest BCUT2D eigenvalue weighted by atomic mass is 16.3. The number of imidazole rings is 2. The Balaban J connectivity index is 1.20. The van der Waals surface area contributed by atoms with Crippen LogP contribution in [-0.2, 0) is 10.8 Å². The number of benzene rings is 7. The van der Waals surface area contributed by atoms with E-state index in [1.807, 2.05) is 0 Å². The average Bonchev–Trinajstić information content (AvgIpc) is 4.21. The maximum absolute atomic E-state index is 12.7. The number of hydrogen-bond donors (Lipinski definition) is 1. The van der Waals surface area contributed by atoms with Gasteiger partial charge in [0.1, 0.15) is 22.9 Å². The molecule has 11 rings (SSSR count). The molecule has 7 aromatic carbocycles. The van der Waals surface area contributed by atoms with E-state index in [9.17, 15) is 5.11 Å². The van der Waals surface area contributed by atoms with Crippen molar-refractivity contribution >= 4 is 44.1 Å². The quantitative estimate of drug-likeness (QED) is 0.148. The number of fused-ring (bicyclic) bond motifs is 6. The smallest absolute Gasteiger partial charge is 0.227 e. The fourth-order valence-electron chi connectivity index (χ4n) is 12.0. The Morgan fingerprint density at radius 3 is 1.64 bits per heavy atom. The van der Waals surface area contributed by atoms with Crippen LogP contribution in [0.2, 0.25) is 0 Å². The summed E-state index contributed by atoms with van der Waals surface area (Å²) in [5.74, 6) is 2.68. The molecule has 0 aliphatic rings. The van der Waals surface area contributed by atoms with Gasteiger partial charge < -0.3 is 9.52 Å². The van der Waals surface area contributed by atoms with Crippen LogP contribution in [0.3, 0.4) is 0 Å². The number of phenols is 1. The Morgan fingerprint density at radius 1 is 0.500 bits per heavy atom. The van der Waals surface area contributed by atoms with Gasteiger partial charge in [-0.25, -0.2) is 15.0 Å². The van der Waals surface area contributed by atoms with E-state index in [1.165, 1.54) is 33.4 Å². The zero-order valence-corrected chi connectivity index (χ0v) is 48.6. The molecule has 7 nitrogen and oxygen atoms in total. The van der Waals surface area contributed by atoms with Gasteiger partial charge in [0.05, 0.1) is 39.2 Å². The van der Waals surface area contributed by atoms with E-state index < -0.39 is 0 Å². The molecule has 0 fully saturated rings. The van der Waals surface area contributed by atoms with E-state index in [2.05, 4.69) is 253 Å². The number of phenolic OH excluding ortho intramolecular Hbond substituents is 1. The van der Waals surface area contributed by atoms with Crippen LogP contribution in [0.15, 0.2) is 138 Å². The third-order valence-corrected chi connectivity index (χ3v) is 16.1. The lowest BCUT2D eigenvalue weighted by atomic mass is 9.79. The first-order chi connectivity index (χ1) is 37.0. The highest BCUT2D eigenvalue weighted by molar-refractivity contribution is 6.14. The zero-order chi connectivity index (χ0) is 55.4. The molecular weight excluding hydrogens is 955 g/mol. The zero-order valence-electron chi connectivity index (χ0n) is 48.6. The second-order valence-corrected chi connectivity index (χ2v) is 25.1. The largest absolute Gasteiger partial charge is 0.507 e. The van der Waals surface area contributed by atoms with Gasteiger partial charge in [-0.3, -0.25) is 9.13 Å². The number of furan rings is 1. The first-order valence-electron chi connectivity index (χ1n) is 28.1. The molecule has 0 saturated heterocycles. The predicted octanol–water partition coefficient (Wildman–Crippen LogP) is 19.7. The second kappa shape index (κ2) is 19.3. The molecule has 0 amide bonds. The molecule has 4 heterocycles. The summed E-state index contributed by atoms with van der Waals surface area (Å²) in [6.45, 7) is 35.7. The Kier molecular flexibility index (Phi) is 12.9. The molecule has 4 aromatic heterocycles. The SMILES string of the molecule is Cc1cccc(C)c1-c1ccc2c(n1)oc1c2ccc2nc(-c3cccc(-c4cccc5c4nc(-c4cc(C(C)(C)C)cc(C(C)(C)C)c4O)n5-c4c(C(C)C)cccc4C(C)C)c3)n(-c3c(C(C)C)cccc3C(C)C)c21. The molecule has 0 aliphatic heterocycles. The van der Waals surface area contributed by atoms with Crippen molar-refractivity contribution < 1.29 is 9.52 Å². The number of para-hydroxylation sites is 3. The first kappa shape index (κ1) is 52.3. The molecule has 1 N–H and O–H groups in total. The van der Waals surface area contributed by atoms with Crippen molar-refractivity contribution in [3.8, 4) is 62.3 Å². The Hall–Kier alpha value is -7.77. The van der Waals surface area contributed by atoms with Crippen LogP contribution in [0, 0.1) is 13.8 Å². The lowest BCUT2D eigenvalue weighted by Gasteiger charge is -2.28. The predicted molar refractivity (Wildman–Crippen MR) is 327 cm³/mol. The number of hydrogen-bond acceptors (Lipinski definition) is 5. The summed E-state index contributed by atoms with van der Waals surface area (Å²) >= 11 is 0. The highest BCUT2D eigenvalue weighted by Gasteiger charge is 2.31. The van der Waals surface area contributed by atoms with E-state index in [-0.39, 0.29) is 40.3 Å². The van der Waals surface area contributed by atoms with Crippen LogP contribution in [-0.4, -0.2) is 29.2 Å². The molecular formula is C71H75N5O2. The van der Waals surface area contributed by atoms with Gasteiger partial charge in [-0.15, -0.1) is 0 Å². The average molecular weight is 1030 g/mol. The van der Waals surface area contributed by atoms with Gasteiger partial charge in [-0.05, 0) is 135 Å². The molecule has 396 valence electrons. The number of aromatic nitrogens is 5. The number of aryl methyl sites for hydroxylation is 2. The van der Waals surface area contributed by atoms with Crippen molar-refractivity contribution in [2.45, 2.75) is 145 Å². The van der Waals surface area contributed by atoms with E-state index in [1.54, 1.807) is 0 Å². The second-order valence-electron chi connectivity index (χ2n) is 25.1. The molecule has 0 unspecified atom stereocenters. The van der Waals surface area contributed by atoms with Crippen molar-refractivity contribution in [1.29, 1.82) is 0 Å². The molecule has 7 heteroatoms. The van der Waals surface area contributed by atoms with Crippen LogP contribution in [0.25, 0.3) is 101 Å². The van der Waals surface area contributed by atoms with E-state index in [0.717, 1.165) is 106 Å². The van der Waals surface area contributed by atoms with Crippen molar-refractivity contribution in [1.82, 2.24) is 24.1 Å². The van der Waals surface area contributed by atoms with Gasteiger partial charge in [-0.1, -0.05) is 188 Å². The molecule has 78 heavy (non-hydrogen) atoms. The maximum atomic E-state index is 12.7. The summed E-state index contributed by atoms with van der Waals surface area (Å²) in [6.07, 6.45) is 0. The van der Waals surface area contributed by atoms with Gasteiger partial charge >= 0.3 is 0 Å². The topological polar surface area (TPSA) is 81.9 Å². The van der Waals surface area contributed by atoms with Crippen LogP contribution < -0.4 is 0 Å². The van der Waals surface area contributed by atoms with Crippen LogP contribution in [0.5, 0.6) is 5.75 Å². The molecule has 0 spiro atoms. The molecule has 0 radical (unpaired) electrons. The minimum Gasteiger partial charge on any atom is -0.507 e. The van der Waals surface area contributed by atoms with Crippen molar-refractivity contribution in [2.75, 3.05) is 0 Å². The molecule has 0 aliphatic carbocycles. The lowest BCUT2D eigenvalue weighted by Crippen LogP contribution is -2.17. The number of aromatic hydroxyl groups is 1. The summed E-state index contributed by atoms with van der Waals surface area (Å²) in [5.41, 5.74) is 21.7. The van der Waals surface area contributed by atoms with E-state index in [0.29, 0.717) is 5.71 Å². The number of nitrogens with zero attached hydrogens (tertiary/aromatic N) is 5. The summed E-state index contributed by atoms with van der Waals surface area (Å²) in [6, 6.07) is 48.2. The normalized spacial score (nSPS) is 12.6.